The SMILES string of the molecule is CC1=CC(=O)C(Br)C(C)(Br)C1=NOC(=O)c1ccc(Cl)cc1. The van der Waals surface area contributed by atoms with Gasteiger partial charge in [-0.05, 0) is 49.8 Å². The van der Waals surface area contributed by atoms with Gasteiger partial charge in [0.15, 0.2) is 5.78 Å². The topological polar surface area (TPSA) is 55.7 Å². The van der Waals surface area contributed by atoms with Gasteiger partial charge in [-0.25, -0.2) is 4.79 Å². The first-order valence-electron chi connectivity index (χ1n) is 6.34. The molecule has 0 heterocycles. The molecule has 4 nitrogen and oxygen atoms in total. The molecule has 1 aromatic carbocycles. The van der Waals surface area contributed by atoms with Gasteiger partial charge in [0.1, 0.15) is 5.71 Å². The Bertz CT molecular complexity index is 681. The first-order chi connectivity index (χ1) is 10.2. The highest BCUT2D eigenvalue weighted by Gasteiger charge is 2.43. The molecule has 0 fully saturated rings. The van der Waals surface area contributed by atoms with Gasteiger partial charge in [0.2, 0.25) is 0 Å². The standard InChI is InChI=1S/C15H12Br2ClNO3/c1-8-7-11(20)12(16)15(2,17)13(8)19-22-14(21)9-3-5-10(18)6-4-9/h3-7,12H,1-2H3. The molecule has 7 heteroatoms. The molecule has 1 aromatic rings. The van der Waals surface area contributed by atoms with E-state index < -0.39 is 15.1 Å². The summed E-state index contributed by atoms with van der Waals surface area (Å²) >= 11 is 12.6. The molecule has 1 aliphatic carbocycles. The van der Waals surface area contributed by atoms with Crippen LogP contribution in [0.3, 0.4) is 0 Å². The molecule has 0 spiro atoms. The van der Waals surface area contributed by atoms with Crippen LogP contribution in [-0.4, -0.2) is 26.6 Å². The van der Waals surface area contributed by atoms with Gasteiger partial charge in [-0.15, -0.1) is 0 Å². The van der Waals surface area contributed by atoms with Crippen molar-refractivity contribution in [3.8, 4) is 0 Å². The van der Waals surface area contributed by atoms with E-state index in [1.807, 2.05) is 0 Å². The number of alkyl halides is 2. The number of rotatable bonds is 2. The fourth-order valence-electron chi connectivity index (χ4n) is 2.01. The molecule has 0 N–H and O–H groups in total. The predicted octanol–water partition coefficient (Wildman–Crippen LogP) is 4.30. The molecule has 0 aliphatic heterocycles. The number of hydrogen-bond donors (Lipinski definition) is 0. The molecule has 22 heavy (non-hydrogen) atoms. The fourth-order valence-corrected chi connectivity index (χ4v) is 3.10. The van der Waals surface area contributed by atoms with Crippen molar-refractivity contribution in [1.82, 2.24) is 0 Å². The van der Waals surface area contributed by atoms with Crippen molar-refractivity contribution in [2.45, 2.75) is 23.0 Å². The lowest BCUT2D eigenvalue weighted by Gasteiger charge is -2.31. The van der Waals surface area contributed by atoms with Gasteiger partial charge in [-0.1, -0.05) is 48.6 Å². The number of ketones is 1. The number of hydrogen-bond acceptors (Lipinski definition) is 4. The van der Waals surface area contributed by atoms with E-state index in [2.05, 4.69) is 37.0 Å². The summed E-state index contributed by atoms with van der Waals surface area (Å²) in [5.74, 6) is -0.664. The van der Waals surface area contributed by atoms with E-state index in [4.69, 9.17) is 16.4 Å². The number of oxime groups is 1. The molecule has 0 bridgehead atoms. The van der Waals surface area contributed by atoms with Crippen LogP contribution in [0.1, 0.15) is 24.2 Å². The summed E-state index contributed by atoms with van der Waals surface area (Å²) in [4.78, 5) is 28.3. The van der Waals surface area contributed by atoms with Crippen molar-refractivity contribution < 1.29 is 14.4 Å². The van der Waals surface area contributed by atoms with Gasteiger partial charge in [-0.2, -0.15) is 0 Å². The van der Waals surface area contributed by atoms with Crippen molar-refractivity contribution in [2.24, 2.45) is 5.16 Å². The molecule has 2 atom stereocenters. The average molecular weight is 450 g/mol. The van der Waals surface area contributed by atoms with Gasteiger partial charge >= 0.3 is 5.97 Å². The number of carbonyl (C=O) groups is 2. The van der Waals surface area contributed by atoms with Crippen LogP contribution in [0.5, 0.6) is 0 Å². The van der Waals surface area contributed by atoms with Gasteiger partial charge in [0, 0.05) is 5.02 Å². The smallest absolute Gasteiger partial charge is 0.312 e. The summed E-state index contributed by atoms with van der Waals surface area (Å²) in [6, 6.07) is 6.30. The molecular weight excluding hydrogens is 437 g/mol. The lowest BCUT2D eigenvalue weighted by molar-refractivity contribution is -0.114. The normalized spacial score (nSPS) is 26.8. The Hall–Kier alpha value is -0.980. The summed E-state index contributed by atoms with van der Waals surface area (Å²) in [5, 5.41) is 4.47. The maximum atomic E-state index is 12.0. The number of benzene rings is 1. The van der Waals surface area contributed by atoms with Gasteiger partial charge in [0.25, 0.3) is 0 Å². The van der Waals surface area contributed by atoms with E-state index >= 15 is 0 Å². The molecule has 2 unspecified atom stereocenters. The van der Waals surface area contributed by atoms with Crippen molar-refractivity contribution in [1.29, 1.82) is 0 Å². The lowest BCUT2D eigenvalue weighted by atomic mass is 9.88. The molecule has 2 rings (SSSR count). The number of nitrogens with zero attached hydrogens (tertiary/aromatic N) is 1. The minimum atomic E-state index is -0.761. The molecular formula is C15H12Br2ClNO3. The Morgan fingerprint density at radius 2 is 1.95 bits per heavy atom. The van der Waals surface area contributed by atoms with Crippen molar-refractivity contribution in [2.75, 3.05) is 0 Å². The van der Waals surface area contributed by atoms with E-state index in [0.717, 1.165) is 0 Å². The van der Waals surface area contributed by atoms with Crippen LogP contribution in [0.4, 0.5) is 0 Å². The number of carbonyl (C=O) groups excluding carboxylic acids is 2. The second-order valence-corrected chi connectivity index (χ2v) is 7.99. The van der Waals surface area contributed by atoms with Crippen molar-refractivity contribution >= 4 is 60.9 Å². The Morgan fingerprint density at radius 1 is 1.36 bits per heavy atom. The third-order valence-corrected chi connectivity index (χ3v) is 6.29. The van der Waals surface area contributed by atoms with Crippen molar-refractivity contribution in [3.63, 3.8) is 0 Å². The van der Waals surface area contributed by atoms with Gasteiger partial charge in [0.05, 0.1) is 14.7 Å². The van der Waals surface area contributed by atoms with Crippen LogP contribution in [0.15, 0.2) is 41.1 Å². The monoisotopic (exact) mass is 447 g/mol. The molecule has 116 valence electrons. The quantitative estimate of drug-likeness (QED) is 0.384. The summed E-state index contributed by atoms with van der Waals surface area (Å²) in [5.41, 5.74) is 1.47. The van der Waals surface area contributed by atoms with Crippen LogP contribution < -0.4 is 0 Å². The minimum absolute atomic E-state index is 0.0696. The third-order valence-electron chi connectivity index (χ3n) is 3.22. The lowest BCUT2D eigenvalue weighted by Crippen LogP contribution is -2.46. The van der Waals surface area contributed by atoms with Crippen LogP contribution in [-0.2, 0) is 9.63 Å². The number of allylic oxidation sites excluding steroid dienone is 2. The minimum Gasteiger partial charge on any atom is -0.312 e. The third kappa shape index (κ3) is 3.50. The van der Waals surface area contributed by atoms with E-state index in [1.165, 1.54) is 6.08 Å². The van der Waals surface area contributed by atoms with Crippen LogP contribution >= 0.6 is 43.5 Å². The zero-order chi connectivity index (χ0) is 16.5. The Morgan fingerprint density at radius 3 is 2.55 bits per heavy atom. The highest BCUT2D eigenvalue weighted by atomic mass is 79.9. The number of halogens is 3. The first kappa shape index (κ1) is 17.4. The Balaban J connectivity index is 2.25. The van der Waals surface area contributed by atoms with Gasteiger partial charge < -0.3 is 4.84 Å². The average Bonchev–Trinajstić information content (AvgIpc) is 2.45. The zero-order valence-electron chi connectivity index (χ0n) is 11.8. The fraction of sp³-hybridized carbons (Fsp3) is 0.267. The van der Waals surface area contributed by atoms with Crippen LogP contribution in [0, 0.1) is 0 Å². The van der Waals surface area contributed by atoms with E-state index in [-0.39, 0.29) is 5.78 Å². The second-order valence-electron chi connectivity index (χ2n) is 4.99. The molecule has 0 radical (unpaired) electrons. The van der Waals surface area contributed by atoms with E-state index in [1.54, 1.807) is 38.1 Å². The van der Waals surface area contributed by atoms with Crippen molar-refractivity contribution in [3.05, 3.63) is 46.5 Å². The largest absolute Gasteiger partial charge is 0.365 e. The van der Waals surface area contributed by atoms with Gasteiger partial charge in [-0.3, -0.25) is 4.79 Å². The highest BCUT2D eigenvalue weighted by Crippen LogP contribution is 2.36. The second kappa shape index (κ2) is 6.64. The predicted molar refractivity (Wildman–Crippen MR) is 93.1 cm³/mol. The first-order valence-corrected chi connectivity index (χ1v) is 8.43. The van der Waals surface area contributed by atoms with E-state index in [9.17, 15) is 9.59 Å². The maximum Gasteiger partial charge on any atom is 0.365 e. The van der Waals surface area contributed by atoms with E-state index in [0.29, 0.717) is 21.9 Å². The molecule has 0 amide bonds. The molecule has 0 aromatic heterocycles. The summed E-state index contributed by atoms with van der Waals surface area (Å²) in [6.07, 6.45) is 1.47. The summed E-state index contributed by atoms with van der Waals surface area (Å²) in [7, 11) is 0. The van der Waals surface area contributed by atoms with Crippen LogP contribution in [0.2, 0.25) is 5.02 Å². The Labute approximate surface area is 149 Å². The zero-order valence-corrected chi connectivity index (χ0v) is 15.7. The molecule has 0 saturated carbocycles. The maximum absolute atomic E-state index is 12.0. The highest BCUT2D eigenvalue weighted by molar-refractivity contribution is 9.13. The van der Waals surface area contributed by atoms with Crippen LogP contribution in [0.25, 0.3) is 0 Å². The molecule has 1 aliphatic rings. The Kier molecular flexibility index (Phi) is 5.25. The summed E-state index contributed by atoms with van der Waals surface area (Å²) in [6.45, 7) is 3.53. The summed E-state index contributed by atoms with van der Waals surface area (Å²) < 4.78 is -0.761. The molecule has 0 saturated heterocycles.